The predicted molar refractivity (Wildman–Crippen MR) is 111 cm³/mol. The maximum atomic E-state index is 12.8. The van der Waals surface area contributed by atoms with Gasteiger partial charge in [0.15, 0.2) is 0 Å². The van der Waals surface area contributed by atoms with E-state index in [0.29, 0.717) is 18.1 Å². The number of aromatic nitrogens is 3. The molecule has 0 saturated heterocycles. The molecular formula is C22H25N5O. The minimum absolute atomic E-state index is 0.0520. The molecule has 0 radical (unpaired) electrons. The summed E-state index contributed by atoms with van der Waals surface area (Å²) >= 11 is 0. The topological polar surface area (TPSA) is 79.8 Å². The Morgan fingerprint density at radius 2 is 1.96 bits per heavy atom. The normalized spacial score (nSPS) is 14.7. The molecule has 1 aliphatic carbocycles. The van der Waals surface area contributed by atoms with Crippen LogP contribution in [-0.2, 0) is 6.42 Å². The van der Waals surface area contributed by atoms with Crippen LogP contribution < -0.4 is 10.6 Å². The van der Waals surface area contributed by atoms with Crippen molar-refractivity contribution in [3.63, 3.8) is 0 Å². The van der Waals surface area contributed by atoms with Gasteiger partial charge < -0.3 is 10.6 Å². The number of nitrogens with one attached hydrogen (secondary N) is 2. The zero-order valence-corrected chi connectivity index (χ0v) is 16.5. The molecule has 1 aromatic carbocycles. The van der Waals surface area contributed by atoms with Crippen molar-refractivity contribution >= 4 is 22.8 Å². The number of hydrogen-bond donors (Lipinski definition) is 2. The second-order valence-corrected chi connectivity index (χ2v) is 7.63. The molecule has 1 aliphatic rings. The van der Waals surface area contributed by atoms with E-state index in [4.69, 9.17) is 0 Å². The van der Waals surface area contributed by atoms with Gasteiger partial charge in [-0.3, -0.25) is 9.78 Å². The van der Waals surface area contributed by atoms with E-state index in [1.165, 1.54) is 0 Å². The summed E-state index contributed by atoms with van der Waals surface area (Å²) in [7, 11) is 0. The van der Waals surface area contributed by atoms with E-state index in [1.54, 1.807) is 6.20 Å². The summed E-state index contributed by atoms with van der Waals surface area (Å²) in [5.74, 6) is 0.577. The molecule has 1 amide bonds. The van der Waals surface area contributed by atoms with Gasteiger partial charge in [-0.1, -0.05) is 6.92 Å². The molecule has 1 fully saturated rings. The third kappa shape index (κ3) is 3.81. The van der Waals surface area contributed by atoms with E-state index in [0.717, 1.165) is 47.1 Å². The second-order valence-electron chi connectivity index (χ2n) is 7.63. The fraction of sp³-hybridized carbons (Fsp3) is 0.364. The molecule has 28 heavy (non-hydrogen) atoms. The van der Waals surface area contributed by atoms with Crippen LogP contribution in [0.2, 0.25) is 0 Å². The molecule has 144 valence electrons. The molecule has 0 spiro atoms. The lowest BCUT2D eigenvalue weighted by molar-refractivity contribution is 0.0934. The van der Waals surface area contributed by atoms with Crippen molar-refractivity contribution in [3.8, 4) is 0 Å². The van der Waals surface area contributed by atoms with Crippen LogP contribution in [0.5, 0.6) is 0 Å². The monoisotopic (exact) mass is 375 g/mol. The Balaban J connectivity index is 1.46. The number of fused-ring (bicyclic) bond motifs is 1. The van der Waals surface area contributed by atoms with Crippen molar-refractivity contribution in [2.24, 2.45) is 0 Å². The lowest BCUT2D eigenvalue weighted by atomic mass is 10.1. The number of rotatable bonds is 6. The minimum Gasteiger partial charge on any atom is -0.352 e. The Morgan fingerprint density at radius 3 is 2.71 bits per heavy atom. The molecule has 6 nitrogen and oxygen atoms in total. The molecule has 0 atom stereocenters. The van der Waals surface area contributed by atoms with Crippen molar-refractivity contribution < 1.29 is 4.79 Å². The quantitative estimate of drug-likeness (QED) is 0.688. The molecule has 0 unspecified atom stereocenters. The average molecular weight is 375 g/mol. The van der Waals surface area contributed by atoms with Crippen LogP contribution in [0, 0.1) is 13.8 Å². The van der Waals surface area contributed by atoms with Gasteiger partial charge in [0.05, 0.1) is 11.1 Å². The number of carbonyl (C=O) groups excluding carboxylic acids is 1. The highest BCUT2D eigenvalue weighted by atomic mass is 16.1. The molecule has 0 bridgehead atoms. The van der Waals surface area contributed by atoms with Crippen LogP contribution >= 0.6 is 0 Å². The van der Waals surface area contributed by atoms with Gasteiger partial charge in [-0.15, -0.1) is 0 Å². The molecule has 2 N–H and O–H groups in total. The highest BCUT2D eigenvalue weighted by molar-refractivity contribution is 5.99. The zero-order chi connectivity index (χ0) is 19.7. The van der Waals surface area contributed by atoms with Crippen molar-refractivity contribution in [2.45, 2.75) is 45.6 Å². The maximum Gasteiger partial charge on any atom is 0.251 e. The molecule has 2 aromatic heterocycles. The van der Waals surface area contributed by atoms with Gasteiger partial charge in [0.25, 0.3) is 5.91 Å². The minimum atomic E-state index is -0.227. The molecule has 4 rings (SSSR count). The van der Waals surface area contributed by atoms with E-state index < -0.39 is 0 Å². The number of amides is 1. The second kappa shape index (κ2) is 7.19. The Kier molecular flexibility index (Phi) is 4.71. The van der Waals surface area contributed by atoms with Gasteiger partial charge in [-0.25, -0.2) is 9.97 Å². The predicted octanol–water partition coefficient (Wildman–Crippen LogP) is 3.58. The molecule has 1 saturated carbocycles. The van der Waals surface area contributed by atoms with E-state index in [-0.39, 0.29) is 11.4 Å². The molecular weight excluding hydrogens is 350 g/mol. The summed E-state index contributed by atoms with van der Waals surface area (Å²) in [6.07, 6.45) is 4.56. The van der Waals surface area contributed by atoms with Gasteiger partial charge in [0.2, 0.25) is 5.95 Å². The number of carbonyl (C=O) groups is 1. The van der Waals surface area contributed by atoms with Crippen molar-refractivity contribution in [3.05, 3.63) is 59.0 Å². The summed E-state index contributed by atoms with van der Waals surface area (Å²) in [4.78, 5) is 26.2. The van der Waals surface area contributed by atoms with Crippen LogP contribution in [0.1, 0.15) is 47.1 Å². The maximum absolute atomic E-state index is 12.8. The molecule has 3 aromatic rings. The number of pyridine rings is 1. The van der Waals surface area contributed by atoms with E-state index in [9.17, 15) is 4.79 Å². The highest BCUT2D eigenvalue weighted by Crippen LogP contribution is 2.35. The average Bonchev–Trinajstić information content (AvgIpc) is 3.45. The Bertz CT molecular complexity index is 1040. The number of aryl methyl sites for hydroxylation is 3. The lowest BCUT2D eigenvalue weighted by Gasteiger charge is -2.19. The molecule has 2 heterocycles. The first-order valence-corrected chi connectivity index (χ1v) is 9.74. The van der Waals surface area contributed by atoms with Crippen LogP contribution in [0.3, 0.4) is 0 Å². The summed E-state index contributed by atoms with van der Waals surface area (Å²) in [6.45, 7) is 6.70. The third-order valence-electron chi connectivity index (χ3n) is 5.31. The first-order chi connectivity index (χ1) is 13.5. The van der Waals surface area contributed by atoms with Gasteiger partial charge in [0.1, 0.15) is 0 Å². The first kappa shape index (κ1) is 18.3. The van der Waals surface area contributed by atoms with Crippen molar-refractivity contribution in [2.75, 3.05) is 11.9 Å². The zero-order valence-electron chi connectivity index (χ0n) is 16.5. The van der Waals surface area contributed by atoms with Crippen molar-refractivity contribution in [1.82, 2.24) is 20.3 Å². The van der Waals surface area contributed by atoms with Gasteiger partial charge in [-0.05, 0) is 69.0 Å². The fourth-order valence-corrected chi connectivity index (χ4v) is 3.38. The Morgan fingerprint density at radius 1 is 1.14 bits per heavy atom. The molecule has 0 aliphatic heterocycles. The SMILES string of the molecule is CCc1cc(C)nc(NCC2(NC(=O)c3ccc4nccc(C)c4c3)CC2)n1. The Hall–Kier alpha value is -3.02. The first-order valence-electron chi connectivity index (χ1n) is 9.74. The van der Waals surface area contributed by atoms with Gasteiger partial charge in [-0.2, -0.15) is 0 Å². The number of hydrogen-bond acceptors (Lipinski definition) is 5. The van der Waals surface area contributed by atoms with Crippen LogP contribution in [0.4, 0.5) is 5.95 Å². The van der Waals surface area contributed by atoms with Crippen molar-refractivity contribution in [1.29, 1.82) is 0 Å². The third-order valence-corrected chi connectivity index (χ3v) is 5.31. The fourth-order valence-electron chi connectivity index (χ4n) is 3.38. The largest absolute Gasteiger partial charge is 0.352 e. The van der Waals surface area contributed by atoms with E-state index in [2.05, 4.69) is 32.5 Å². The smallest absolute Gasteiger partial charge is 0.251 e. The summed E-state index contributed by atoms with van der Waals surface area (Å²) in [5.41, 5.74) is 4.42. The summed E-state index contributed by atoms with van der Waals surface area (Å²) in [5, 5.41) is 7.53. The standard InChI is InChI=1S/C22H25N5O/c1-4-17-11-15(3)25-21(26-17)24-13-22(8-9-22)27-20(28)16-5-6-19-18(12-16)14(2)7-10-23-19/h5-7,10-12H,4,8-9,13H2,1-3H3,(H,27,28)(H,24,25,26). The highest BCUT2D eigenvalue weighted by Gasteiger charge is 2.44. The van der Waals surface area contributed by atoms with Gasteiger partial charge in [0, 0.05) is 35.1 Å². The van der Waals surface area contributed by atoms with Crippen LogP contribution in [0.15, 0.2) is 36.5 Å². The van der Waals surface area contributed by atoms with E-state index >= 15 is 0 Å². The Labute approximate surface area is 164 Å². The number of benzene rings is 1. The summed E-state index contributed by atoms with van der Waals surface area (Å²) < 4.78 is 0. The summed E-state index contributed by atoms with van der Waals surface area (Å²) in [6, 6.07) is 9.62. The molecule has 6 heteroatoms. The van der Waals surface area contributed by atoms with Gasteiger partial charge >= 0.3 is 0 Å². The lowest BCUT2D eigenvalue weighted by Crippen LogP contribution is -2.42. The number of nitrogens with zero attached hydrogens (tertiary/aromatic N) is 3. The van der Waals surface area contributed by atoms with E-state index in [1.807, 2.05) is 44.2 Å². The number of anilines is 1. The van der Waals surface area contributed by atoms with Crippen LogP contribution in [0.25, 0.3) is 10.9 Å². The van der Waals surface area contributed by atoms with Crippen LogP contribution in [-0.4, -0.2) is 32.9 Å².